The molecule has 0 aliphatic rings. The monoisotopic (exact) mass is 330 g/mol. The summed E-state index contributed by atoms with van der Waals surface area (Å²) >= 11 is 5.67. The first-order chi connectivity index (χ1) is 10.5. The van der Waals surface area contributed by atoms with Gasteiger partial charge in [0.1, 0.15) is 23.8 Å². The molecule has 1 aromatic heterocycles. The van der Waals surface area contributed by atoms with Crippen molar-refractivity contribution in [2.24, 2.45) is 0 Å². The van der Waals surface area contributed by atoms with Gasteiger partial charge in [-0.05, 0) is 19.1 Å². The lowest BCUT2D eigenvalue weighted by molar-refractivity contribution is 0.185. The zero-order valence-electron chi connectivity index (χ0n) is 12.3. The molecular weight excluding hydrogens is 314 g/mol. The number of hydrogen-bond donors (Lipinski definition) is 1. The first-order valence-electron chi connectivity index (χ1n) is 6.77. The van der Waals surface area contributed by atoms with Crippen LogP contribution in [-0.4, -0.2) is 28.5 Å². The van der Waals surface area contributed by atoms with Crippen molar-refractivity contribution in [2.45, 2.75) is 26.1 Å². The van der Waals surface area contributed by atoms with Crippen molar-refractivity contribution in [1.82, 2.24) is 20.1 Å². The molecule has 22 heavy (non-hydrogen) atoms. The van der Waals surface area contributed by atoms with Crippen molar-refractivity contribution in [3.8, 4) is 0 Å². The van der Waals surface area contributed by atoms with E-state index in [9.17, 15) is 8.78 Å². The van der Waals surface area contributed by atoms with Gasteiger partial charge in [0, 0.05) is 25.8 Å². The quantitative estimate of drug-likeness (QED) is 0.793. The number of methoxy groups -OCH3 is 1. The van der Waals surface area contributed by atoms with Gasteiger partial charge in [0.25, 0.3) is 0 Å². The van der Waals surface area contributed by atoms with Crippen LogP contribution in [0.3, 0.4) is 0 Å². The minimum absolute atomic E-state index is 0.00344. The summed E-state index contributed by atoms with van der Waals surface area (Å²) in [6.45, 7) is 2.96. The van der Waals surface area contributed by atoms with Crippen molar-refractivity contribution in [2.75, 3.05) is 13.7 Å². The Hall–Kier alpha value is -1.57. The standard InChI is InChI=1S/C14H17ClF2N4O/c1-9(14-20-19-8-21(14)5-6-22-2)18-7-10-12(16)4-3-11(15)13(10)17/h3-4,8-9,18H,5-7H2,1-2H3. The third kappa shape index (κ3) is 3.79. The number of nitrogens with one attached hydrogen (secondary N) is 1. The number of nitrogens with zero attached hydrogens (tertiary/aromatic N) is 3. The molecule has 0 aliphatic heterocycles. The average Bonchev–Trinajstić information content (AvgIpc) is 2.97. The van der Waals surface area contributed by atoms with Gasteiger partial charge in [0.2, 0.25) is 0 Å². The predicted molar refractivity (Wildman–Crippen MR) is 78.5 cm³/mol. The molecule has 0 saturated heterocycles. The Morgan fingerprint density at radius 1 is 1.41 bits per heavy atom. The van der Waals surface area contributed by atoms with E-state index in [1.807, 2.05) is 11.5 Å². The van der Waals surface area contributed by atoms with Crippen LogP contribution in [0.2, 0.25) is 5.02 Å². The Morgan fingerprint density at radius 3 is 2.91 bits per heavy atom. The zero-order valence-corrected chi connectivity index (χ0v) is 13.1. The highest BCUT2D eigenvalue weighted by atomic mass is 35.5. The number of aromatic nitrogens is 3. The van der Waals surface area contributed by atoms with Gasteiger partial charge in [-0.1, -0.05) is 11.6 Å². The van der Waals surface area contributed by atoms with E-state index in [1.54, 1.807) is 13.4 Å². The second-order valence-electron chi connectivity index (χ2n) is 4.80. The zero-order chi connectivity index (χ0) is 16.1. The van der Waals surface area contributed by atoms with Crippen LogP contribution < -0.4 is 5.32 Å². The van der Waals surface area contributed by atoms with E-state index in [4.69, 9.17) is 16.3 Å². The fourth-order valence-corrected chi connectivity index (χ4v) is 2.22. The maximum absolute atomic E-state index is 13.8. The smallest absolute Gasteiger partial charge is 0.149 e. The molecule has 0 fully saturated rings. The lowest BCUT2D eigenvalue weighted by Gasteiger charge is -2.15. The van der Waals surface area contributed by atoms with E-state index >= 15 is 0 Å². The Morgan fingerprint density at radius 2 is 2.18 bits per heavy atom. The number of hydrogen-bond acceptors (Lipinski definition) is 4. The van der Waals surface area contributed by atoms with E-state index in [1.165, 1.54) is 6.07 Å². The molecule has 1 N–H and O–H groups in total. The lowest BCUT2D eigenvalue weighted by Crippen LogP contribution is -2.23. The van der Waals surface area contributed by atoms with Crippen molar-refractivity contribution in [3.05, 3.63) is 46.5 Å². The minimum atomic E-state index is -0.748. The number of rotatable bonds is 7. The second-order valence-corrected chi connectivity index (χ2v) is 5.21. The summed E-state index contributed by atoms with van der Waals surface area (Å²) in [6.07, 6.45) is 1.59. The molecule has 5 nitrogen and oxygen atoms in total. The maximum Gasteiger partial charge on any atom is 0.149 e. The number of benzene rings is 1. The molecule has 2 aromatic rings. The number of ether oxygens (including phenoxy) is 1. The van der Waals surface area contributed by atoms with Crippen molar-refractivity contribution in [1.29, 1.82) is 0 Å². The van der Waals surface area contributed by atoms with Gasteiger partial charge in [-0.3, -0.25) is 0 Å². The summed E-state index contributed by atoms with van der Waals surface area (Å²) in [7, 11) is 1.61. The first kappa shape index (κ1) is 16.8. The molecule has 0 amide bonds. The van der Waals surface area contributed by atoms with Crippen LogP contribution in [0.25, 0.3) is 0 Å². The molecule has 0 radical (unpaired) electrons. The fourth-order valence-electron chi connectivity index (χ4n) is 2.04. The van der Waals surface area contributed by atoms with E-state index in [2.05, 4.69) is 15.5 Å². The molecular formula is C14H17ClF2N4O. The molecule has 0 saturated carbocycles. The van der Waals surface area contributed by atoms with Crippen LogP contribution in [0, 0.1) is 11.6 Å². The normalized spacial score (nSPS) is 12.6. The average molecular weight is 331 g/mol. The third-order valence-corrected chi connectivity index (χ3v) is 3.58. The van der Waals surface area contributed by atoms with Gasteiger partial charge in [-0.2, -0.15) is 0 Å². The molecule has 0 aliphatic carbocycles. The second kappa shape index (κ2) is 7.62. The van der Waals surface area contributed by atoms with Crippen molar-refractivity contribution >= 4 is 11.6 Å². The summed E-state index contributed by atoms with van der Waals surface area (Å²) in [5, 5.41) is 10.8. The van der Waals surface area contributed by atoms with E-state index in [0.717, 1.165) is 6.07 Å². The Balaban J connectivity index is 2.06. The Bertz CT molecular complexity index is 635. The lowest BCUT2D eigenvalue weighted by atomic mass is 10.2. The van der Waals surface area contributed by atoms with Crippen molar-refractivity contribution in [3.63, 3.8) is 0 Å². The highest BCUT2D eigenvalue weighted by molar-refractivity contribution is 6.30. The van der Waals surface area contributed by atoms with Crippen molar-refractivity contribution < 1.29 is 13.5 Å². The predicted octanol–water partition coefficient (Wildman–Crippen LogP) is 2.71. The Labute approximate surface area is 132 Å². The van der Waals surface area contributed by atoms with Gasteiger partial charge in [-0.15, -0.1) is 10.2 Å². The Kier molecular flexibility index (Phi) is 5.82. The molecule has 1 aromatic carbocycles. The summed E-state index contributed by atoms with van der Waals surface area (Å²) in [6, 6.07) is 2.10. The molecule has 2 rings (SSSR count). The van der Waals surface area contributed by atoms with Gasteiger partial charge in [0.05, 0.1) is 17.7 Å². The van der Waals surface area contributed by atoms with Gasteiger partial charge >= 0.3 is 0 Å². The molecule has 8 heteroatoms. The van der Waals surface area contributed by atoms with E-state index < -0.39 is 11.6 Å². The van der Waals surface area contributed by atoms with Crippen LogP contribution in [0.1, 0.15) is 24.4 Å². The molecule has 1 atom stereocenters. The summed E-state index contributed by atoms with van der Waals surface area (Å²) in [5.41, 5.74) is -0.0951. The maximum atomic E-state index is 13.8. The van der Waals surface area contributed by atoms with Crippen LogP contribution >= 0.6 is 11.6 Å². The van der Waals surface area contributed by atoms with E-state index in [0.29, 0.717) is 19.0 Å². The topological polar surface area (TPSA) is 52.0 Å². The van der Waals surface area contributed by atoms with Gasteiger partial charge in [-0.25, -0.2) is 8.78 Å². The molecule has 120 valence electrons. The molecule has 1 unspecified atom stereocenters. The molecule has 0 bridgehead atoms. The largest absolute Gasteiger partial charge is 0.383 e. The number of halogens is 3. The first-order valence-corrected chi connectivity index (χ1v) is 7.14. The molecule has 0 spiro atoms. The molecule has 1 heterocycles. The van der Waals surface area contributed by atoms with Crippen LogP contribution in [-0.2, 0) is 17.8 Å². The van der Waals surface area contributed by atoms with Crippen LogP contribution in [0.15, 0.2) is 18.5 Å². The highest BCUT2D eigenvalue weighted by Crippen LogP contribution is 2.21. The van der Waals surface area contributed by atoms with Crippen LogP contribution in [0.5, 0.6) is 0 Å². The minimum Gasteiger partial charge on any atom is -0.383 e. The summed E-state index contributed by atoms with van der Waals surface area (Å²) in [4.78, 5) is 0. The van der Waals surface area contributed by atoms with Gasteiger partial charge < -0.3 is 14.6 Å². The van der Waals surface area contributed by atoms with E-state index in [-0.39, 0.29) is 23.2 Å². The summed E-state index contributed by atoms with van der Waals surface area (Å²) < 4.78 is 34.4. The van der Waals surface area contributed by atoms with Crippen LogP contribution in [0.4, 0.5) is 8.78 Å². The third-order valence-electron chi connectivity index (χ3n) is 3.29. The highest BCUT2D eigenvalue weighted by Gasteiger charge is 2.16. The SMILES string of the molecule is COCCn1cnnc1C(C)NCc1c(F)ccc(Cl)c1F. The summed E-state index contributed by atoms with van der Waals surface area (Å²) in [5.74, 6) is -0.718. The van der Waals surface area contributed by atoms with Gasteiger partial charge in [0.15, 0.2) is 0 Å². The fraction of sp³-hybridized carbons (Fsp3) is 0.429.